The summed E-state index contributed by atoms with van der Waals surface area (Å²) in [6.07, 6.45) is 1.93. The lowest BCUT2D eigenvalue weighted by molar-refractivity contribution is 1.42. The molecular weight excluding hydrogens is 555 g/mol. The Bertz CT molecular complexity index is 2350. The summed E-state index contributed by atoms with van der Waals surface area (Å²) in [5.74, 6) is 0. The zero-order valence-corrected chi connectivity index (χ0v) is 25.2. The predicted octanol–water partition coefficient (Wildman–Crippen LogP) is 12.4. The topological polar surface area (TPSA) is 12.9 Å². The summed E-state index contributed by atoms with van der Waals surface area (Å²) >= 11 is 0. The third kappa shape index (κ3) is 4.13. The van der Waals surface area contributed by atoms with E-state index in [0.29, 0.717) is 0 Å². The zero-order chi connectivity index (χ0) is 30.5. The first-order valence-electron chi connectivity index (χ1n) is 15.8. The Labute approximate surface area is 268 Å². The van der Waals surface area contributed by atoms with Gasteiger partial charge in [0.1, 0.15) is 0 Å². The maximum Gasteiger partial charge on any atom is 0.0793 e. The molecule has 0 aliphatic carbocycles. The molecule has 0 fully saturated rings. The standard InChI is InChI=1S/C45H29N/c1-3-18-32-30(14-1)16-11-26-34(32)36-20-5-7-22-38(36)43-40-24-9-10-25-41(40)44(45-42(43)28-13-29-46-45)39-23-8-6-21-37(39)35-27-12-17-31-15-2-4-19-33(31)35/h1-29H. The fourth-order valence-corrected chi connectivity index (χ4v) is 7.35. The van der Waals surface area contributed by atoms with Gasteiger partial charge in [0.25, 0.3) is 0 Å². The molecule has 0 aliphatic rings. The van der Waals surface area contributed by atoms with Gasteiger partial charge in [0, 0.05) is 17.1 Å². The number of hydrogen-bond acceptors (Lipinski definition) is 1. The Hall–Kier alpha value is -6.05. The first-order chi connectivity index (χ1) is 22.9. The summed E-state index contributed by atoms with van der Waals surface area (Å²) in [6.45, 7) is 0. The summed E-state index contributed by atoms with van der Waals surface area (Å²) in [5, 5.41) is 8.55. The first kappa shape index (κ1) is 26.4. The highest BCUT2D eigenvalue weighted by Gasteiger charge is 2.22. The summed E-state index contributed by atoms with van der Waals surface area (Å²) in [7, 11) is 0. The van der Waals surface area contributed by atoms with E-state index in [1.54, 1.807) is 0 Å². The molecule has 0 spiro atoms. The van der Waals surface area contributed by atoms with Crippen LogP contribution in [0.15, 0.2) is 176 Å². The lowest BCUT2D eigenvalue weighted by Crippen LogP contribution is -1.95. The predicted molar refractivity (Wildman–Crippen MR) is 196 cm³/mol. The van der Waals surface area contributed by atoms with Crippen molar-refractivity contribution >= 4 is 43.2 Å². The summed E-state index contributed by atoms with van der Waals surface area (Å²) in [6, 6.07) is 61.4. The quantitative estimate of drug-likeness (QED) is 0.188. The van der Waals surface area contributed by atoms with E-state index in [9.17, 15) is 0 Å². The van der Waals surface area contributed by atoms with Gasteiger partial charge in [0.15, 0.2) is 0 Å². The van der Waals surface area contributed by atoms with Gasteiger partial charge in [-0.15, -0.1) is 0 Å². The van der Waals surface area contributed by atoms with Crippen LogP contribution >= 0.6 is 0 Å². The molecule has 46 heavy (non-hydrogen) atoms. The third-order valence-corrected chi connectivity index (χ3v) is 9.33. The highest BCUT2D eigenvalue weighted by molar-refractivity contribution is 6.23. The molecule has 9 aromatic rings. The molecule has 0 N–H and O–H groups in total. The van der Waals surface area contributed by atoms with Gasteiger partial charge >= 0.3 is 0 Å². The zero-order valence-electron chi connectivity index (χ0n) is 25.2. The first-order valence-corrected chi connectivity index (χ1v) is 15.8. The van der Waals surface area contributed by atoms with Gasteiger partial charge in [0.05, 0.1) is 5.52 Å². The Morgan fingerprint density at radius 2 is 0.652 bits per heavy atom. The minimum absolute atomic E-state index is 1.01. The van der Waals surface area contributed by atoms with Gasteiger partial charge < -0.3 is 0 Å². The van der Waals surface area contributed by atoms with Crippen LogP contribution in [0.2, 0.25) is 0 Å². The van der Waals surface area contributed by atoms with E-state index in [1.807, 2.05) is 6.20 Å². The molecule has 0 aliphatic heterocycles. The lowest BCUT2D eigenvalue weighted by Gasteiger charge is -2.21. The molecule has 0 radical (unpaired) electrons. The SMILES string of the molecule is c1ccc(-c2c3ccccc3c(-c3ccccc3-c3cccc4ccccc34)c3ncccc23)c(-c2cccc3ccccc23)c1. The van der Waals surface area contributed by atoms with Crippen molar-refractivity contribution in [1.82, 2.24) is 4.98 Å². The van der Waals surface area contributed by atoms with Gasteiger partial charge in [0.2, 0.25) is 0 Å². The van der Waals surface area contributed by atoms with Crippen molar-refractivity contribution in [1.29, 1.82) is 0 Å². The molecule has 0 saturated carbocycles. The smallest absolute Gasteiger partial charge is 0.0793 e. The van der Waals surface area contributed by atoms with Gasteiger partial charge in [-0.25, -0.2) is 0 Å². The van der Waals surface area contributed by atoms with Crippen LogP contribution in [-0.4, -0.2) is 4.98 Å². The van der Waals surface area contributed by atoms with Crippen molar-refractivity contribution in [3.05, 3.63) is 176 Å². The number of rotatable bonds is 4. The number of fused-ring (bicyclic) bond motifs is 4. The highest BCUT2D eigenvalue weighted by Crippen LogP contribution is 2.48. The maximum absolute atomic E-state index is 5.14. The molecular formula is C45H29N. The van der Waals surface area contributed by atoms with Gasteiger partial charge in [-0.3, -0.25) is 4.98 Å². The number of benzene rings is 8. The molecule has 1 nitrogen and oxygen atoms in total. The number of aromatic nitrogens is 1. The Morgan fingerprint density at radius 3 is 1.24 bits per heavy atom. The molecule has 8 aromatic carbocycles. The number of hydrogen-bond donors (Lipinski definition) is 0. The third-order valence-electron chi connectivity index (χ3n) is 9.33. The van der Waals surface area contributed by atoms with Crippen molar-refractivity contribution in [3.8, 4) is 44.5 Å². The fourth-order valence-electron chi connectivity index (χ4n) is 7.35. The van der Waals surface area contributed by atoms with Gasteiger partial charge in [-0.1, -0.05) is 164 Å². The minimum Gasteiger partial charge on any atom is -0.256 e. The average Bonchev–Trinajstić information content (AvgIpc) is 3.13. The summed E-state index contributed by atoms with van der Waals surface area (Å²) in [4.78, 5) is 5.14. The molecule has 0 saturated heterocycles. The number of nitrogens with zero attached hydrogens (tertiary/aromatic N) is 1. The van der Waals surface area contributed by atoms with Gasteiger partial charge in [-0.2, -0.15) is 0 Å². The molecule has 0 amide bonds. The average molecular weight is 584 g/mol. The van der Waals surface area contributed by atoms with Crippen LogP contribution < -0.4 is 0 Å². The molecule has 9 rings (SSSR count). The van der Waals surface area contributed by atoms with Crippen molar-refractivity contribution in [3.63, 3.8) is 0 Å². The van der Waals surface area contributed by atoms with E-state index in [1.165, 1.54) is 76.8 Å². The molecule has 0 unspecified atom stereocenters. The van der Waals surface area contributed by atoms with E-state index >= 15 is 0 Å². The molecule has 1 heterocycles. The normalized spacial score (nSPS) is 11.5. The Balaban J connectivity index is 1.38. The molecule has 214 valence electrons. The fraction of sp³-hybridized carbons (Fsp3) is 0. The Morgan fingerprint density at radius 1 is 0.261 bits per heavy atom. The van der Waals surface area contributed by atoms with Crippen molar-refractivity contribution in [2.45, 2.75) is 0 Å². The van der Waals surface area contributed by atoms with Crippen LogP contribution in [0.1, 0.15) is 0 Å². The molecule has 1 aromatic heterocycles. The van der Waals surface area contributed by atoms with Crippen LogP contribution in [-0.2, 0) is 0 Å². The second-order valence-electron chi connectivity index (χ2n) is 11.8. The molecule has 0 bridgehead atoms. The van der Waals surface area contributed by atoms with Gasteiger partial charge in [-0.05, 0) is 77.3 Å². The van der Waals surface area contributed by atoms with Crippen LogP contribution in [0.3, 0.4) is 0 Å². The largest absolute Gasteiger partial charge is 0.256 e. The van der Waals surface area contributed by atoms with Crippen LogP contribution in [0.4, 0.5) is 0 Å². The van der Waals surface area contributed by atoms with E-state index in [-0.39, 0.29) is 0 Å². The highest BCUT2D eigenvalue weighted by atomic mass is 14.7. The van der Waals surface area contributed by atoms with Crippen LogP contribution in [0, 0.1) is 0 Å². The van der Waals surface area contributed by atoms with E-state index in [0.717, 1.165) is 10.9 Å². The van der Waals surface area contributed by atoms with E-state index in [2.05, 4.69) is 170 Å². The van der Waals surface area contributed by atoms with Crippen molar-refractivity contribution < 1.29 is 0 Å². The second kappa shape index (κ2) is 10.8. The van der Waals surface area contributed by atoms with Crippen molar-refractivity contribution in [2.24, 2.45) is 0 Å². The second-order valence-corrected chi connectivity index (χ2v) is 11.8. The Kier molecular flexibility index (Phi) is 6.21. The summed E-state index contributed by atoms with van der Waals surface area (Å²) < 4.78 is 0. The maximum atomic E-state index is 5.14. The van der Waals surface area contributed by atoms with Crippen molar-refractivity contribution in [2.75, 3.05) is 0 Å². The molecule has 0 atom stereocenters. The van der Waals surface area contributed by atoms with Crippen LogP contribution in [0.5, 0.6) is 0 Å². The summed E-state index contributed by atoms with van der Waals surface area (Å²) in [5.41, 5.74) is 10.7. The lowest BCUT2D eigenvalue weighted by atomic mass is 9.83. The van der Waals surface area contributed by atoms with Crippen LogP contribution in [0.25, 0.3) is 87.7 Å². The van der Waals surface area contributed by atoms with E-state index < -0.39 is 0 Å². The number of pyridine rings is 1. The monoisotopic (exact) mass is 583 g/mol. The van der Waals surface area contributed by atoms with E-state index in [4.69, 9.17) is 4.98 Å². The molecule has 1 heteroatoms. The minimum atomic E-state index is 1.01.